The molecule has 2 aromatic rings. The topological polar surface area (TPSA) is 46.2 Å². The van der Waals surface area contributed by atoms with Crippen LogP contribution in [0.1, 0.15) is 5.56 Å². The lowest BCUT2D eigenvalue weighted by Crippen LogP contribution is -2.13. The maximum atomic E-state index is 13.4. The largest absolute Gasteiger partial charge is 0.280 e. The number of aryl methyl sites for hydroxylation is 1. The highest BCUT2D eigenvalue weighted by atomic mass is 79.9. The van der Waals surface area contributed by atoms with Crippen molar-refractivity contribution in [2.24, 2.45) is 0 Å². The molecule has 0 aliphatic rings. The molecule has 1 N–H and O–H groups in total. The van der Waals surface area contributed by atoms with Gasteiger partial charge in [-0.15, -0.1) is 0 Å². The van der Waals surface area contributed by atoms with Crippen LogP contribution in [0.15, 0.2) is 45.8 Å². The van der Waals surface area contributed by atoms with Crippen molar-refractivity contribution < 1.29 is 17.2 Å². The smallest absolute Gasteiger partial charge is 0.261 e. The van der Waals surface area contributed by atoms with E-state index in [4.69, 9.17) is 0 Å². The number of sulfonamides is 1. The SMILES string of the molecule is Cc1cc(NS(=O)(=O)c2ccc(Br)c(F)c2)ccc1F. The minimum atomic E-state index is -3.92. The fraction of sp³-hybridized carbons (Fsp3) is 0.0769. The van der Waals surface area contributed by atoms with Crippen LogP contribution >= 0.6 is 15.9 Å². The Morgan fingerprint density at radius 3 is 2.35 bits per heavy atom. The number of hydrogen-bond acceptors (Lipinski definition) is 2. The zero-order valence-electron chi connectivity index (χ0n) is 10.3. The van der Waals surface area contributed by atoms with Crippen LogP contribution in [0, 0.1) is 18.6 Å². The molecule has 106 valence electrons. The van der Waals surface area contributed by atoms with Gasteiger partial charge in [0.1, 0.15) is 11.6 Å². The van der Waals surface area contributed by atoms with Crippen molar-refractivity contribution in [3.05, 3.63) is 58.1 Å². The second kappa shape index (κ2) is 5.49. The Hall–Kier alpha value is -1.47. The van der Waals surface area contributed by atoms with Crippen LogP contribution in [-0.2, 0) is 10.0 Å². The van der Waals surface area contributed by atoms with E-state index in [9.17, 15) is 17.2 Å². The first-order valence-electron chi connectivity index (χ1n) is 5.53. The fourth-order valence-electron chi connectivity index (χ4n) is 1.57. The fourth-order valence-corrected chi connectivity index (χ4v) is 2.87. The molecule has 0 saturated heterocycles. The molecule has 0 atom stereocenters. The van der Waals surface area contributed by atoms with Gasteiger partial charge in [0.2, 0.25) is 0 Å². The predicted molar refractivity (Wildman–Crippen MR) is 76.0 cm³/mol. The molecule has 0 fully saturated rings. The van der Waals surface area contributed by atoms with E-state index in [-0.39, 0.29) is 15.1 Å². The molecular formula is C13H10BrF2NO2S. The van der Waals surface area contributed by atoms with E-state index in [0.717, 1.165) is 12.1 Å². The van der Waals surface area contributed by atoms with E-state index < -0.39 is 21.7 Å². The number of rotatable bonds is 3. The molecule has 2 rings (SSSR count). The molecule has 0 radical (unpaired) electrons. The summed E-state index contributed by atoms with van der Waals surface area (Å²) < 4.78 is 53.1. The van der Waals surface area contributed by atoms with E-state index in [1.165, 1.54) is 31.2 Å². The van der Waals surface area contributed by atoms with Gasteiger partial charge in [-0.2, -0.15) is 0 Å². The number of hydrogen-bond donors (Lipinski definition) is 1. The van der Waals surface area contributed by atoms with Crippen molar-refractivity contribution in [3.8, 4) is 0 Å². The molecule has 0 aromatic heterocycles. The Morgan fingerprint density at radius 1 is 1.05 bits per heavy atom. The average molecular weight is 362 g/mol. The van der Waals surface area contributed by atoms with Crippen molar-refractivity contribution >= 4 is 31.6 Å². The van der Waals surface area contributed by atoms with Crippen LogP contribution in [0.4, 0.5) is 14.5 Å². The second-order valence-corrected chi connectivity index (χ2v) is 6.68. The molecule has 0 bridgehead atoms. The highest BCUT2D eigenvalue weighted by Gasteiger charge is 2.16. The Kier molecular flexibility index (Phi) is 4.10. The van der Waals surface area contributed by atoms with Crippen LogP contribution in [0.25, 0.3) is 0 Å². The maximum Gasteiger partial charge on any atom is 0.261 e. The number of nitrogens with one attached hydrogen (secondary N) is 1. The Morgan fingerprint density at radius 2 is 1.75 bits per heavy atom. The van der Waals surface area contributed by atoms with E-state index in [1.807, 2.05) is 0 Å². The summed E-state index contributed by atoms with van der Waals surface area (Å²) in [6.45, 7) is 1.52. The molecule has 2 aromatic carbocycles. The van der Waals surface area contributed by atoms with Gasteiger partial charge in [-0.1, -0.05) is 0 Å². The minimum absolute atomic E-state index is 0.175. The first kappa shape index (κ1) is 14.9. The summed E-state index contributed by atoms with van der Waals surface area (Å²) in [6.07, 6.45) is 0. The van der Waals surface area contributed by atoms with Crippen molar-refractivity contribution in [1.82, 2.24) is 0 Å². The van der Waals surface area contributed by atoms with Gasteiger partial charge in [0.05, 0.1) is 9.37 Å². The van der Waals surface area contributed by atoms with Crippen LogP contribution in [0.5, 0.6) is 0 Å². The summed E-state index contributed by atoms with van der Waals surface area (Å²) >= 11 is 2.95. The van der Waals surface area contributed by atoms with Gasteiger partial charge in [-0.3, -0.25) is 4.72 Å². The number of benzene rings is 2. The van der Waals surface area contributed by atoms with Gasteiger partial charge in [0.25, 0.3) is 10.0 Å². The van der Waals surface area contributed by atoms with Crippen molar-refractivity contribution in [2.75, 3.05) is 4.72 Å². The zero-order valence-corrected chi connectivity index (χ0v) is 12.7. The predicted octanol–water partition coefficient (Wildman–Crippen LogP) is 3.84. The molecule has 0 saturated carbocycles. The third-order valence-electron chi connectivity index (χ3n) is 2.61. The van der Waals surface area contributed by atoms with Crippen LogP contribution < -0.4 is 4.72 Å². The highest BCUT2D eigenvalue weighted by Crippen LogP contribution is 2.22. The Balaban J connectivity index is 2.35. The summed E-state index contributed by atoms with van der Waals surface area (Å²) in [6, 6.07) is 7.31. The zero-order chi connectivity index (χ0) is 14.9. The molecule has 0 amide bonds. The maximum absolute atomic E-state index is 13.4. The highest BCUT2D eigenvalue weighted by molar-refractivity contribution is 9.10. The lowest BCUT2D eigenvalue weighted by Gasteiger charge is -2.09. The molecule has 0 aliphatic carbocycles. The van der Waals surface area contributed by atoms with E-state index in [1.54, 1.807) is 0 Å². The number of anilines is 1. The lowest BCUT2D eigenvalue weighted by molar-refractivity contribution is 0.593. The summed E-state index contributed by atoms with van der Waals surface area (Å²) in [5, 5.41) is 0. The van der Waals surface area contributed by atoms with Gasteiger partial charge in [0, 0.05) is 5.69 Å². The summed E-state index contributed by atoms with van der Waals surface area (Å²) in [7, 11) is -3.92. The quantitative estimate of drug-likeness (QED) is 0.902. The van der Waals surface area contributed by atoms with Gasteiger partial charge >= 0.3 is 0 Å². The summed E-state index contributed by atoms with van der Waals surface area (Å²) in [5.41, 5.74) is 0.527. The monoisotopic (exact) mass is 361 g/mol. The summed E-state index contributed by atoms with van der Waals surface area (Å²) in [4.78, 5) is -0.208. The molecule has 20 heavy (non-hydrogen) atoms. The van der Waals surface area contributed by atoms with Crippen molar-refractivity contribution in [2.45, 2.75) is 11.8 Å². The van der Waals surface area contributed by atoms with Crippen molar-refractivity contribution in [3.63, 3.8) is 0 Å². The van der Waals surface area contributed by atoms with Crippen molar-refractivity contribution in [1.29, 1.82) is 0 Å². The molecule has 0 unspecified atom stereocenters. The third-order valence-corrected chi connectivity index (χ3v) is 4.63. The van der Waals surface area contributed by atoms with Crippen LogP contribution in [0.3, 0.4) is 0 Å². The third kappa shape index (κ3) is 3.16. The van der Waals surface area contributed by atoms with Gasteiger partial charge in [-0.25, -0.2) is 17.2 Å². The van der Waals surface area contributed by atoms with E-state index in [0.29, 0.717) is 5.56 Å². The normalized spacial score (nSPS) is 11.4. The standard InChI is InChI=1S/C13H10BrF2NO2S/c1-8-6-9(2-5-12(8)15)17-20(18,19)10-3-4-11(14)13(16)7-10/h2-7,17H,1H3. The Labute approximate surface area is 123 Å². The molecule has 0 heterocycles. The summed E-state index contributed by atoms with van der Waals surface area (Å²) in [5.74, 6) is -1.11. The first-order valence-corrected chi connectivity index (χ1v) is 7.81. The van der Waals surface area contributed by atoms with Gasteiger partial charge in [-0.05, 0) is 64.8 Å². The molecule has 3 nitrogen and oxygen atoms in total. The van der Waals surface area contributed by atoms with Gasteiger partial charge < -0.3 is 0 Å². The van der Waals surface area contributed by atoms with E-state index >= 15 is 0 Å². The molecule has 0 aliphatic heterocycles. The molecule has 0 spiro atoms. The average Bonchev–Trinajstić information content (AvgIpc) is 2.37. The first-order chi connectivity index (χ1) is 9.29. The van der Waals surface area contributed by atoms with Gasteiger partial charge in [0.15, 0.2) is 0 Å². The molecular weight excluding hydrogens is 352 g/mol. The second-order valence-electron chi connectivity index (χ2n) is 4.15. The van der Waals surface area contributed by atoms with E-state index in [2.05, 4.69) is 20.7 Å². The minimum Gasteiger partial charge on any atom is -0.280 e. The Bertz CT molecular complexity index is 763. The van der Waals surface area contributed by atoms with Crippen LogP contribution in [0.2, 0.25) is 0 Å². The molecule has 7 heteroatoms. The number of halogens is 3. The van der Waals surface area contributed by atoms with Crippen LogP contribution in [-0.4, -0.2) is 8.42 Å². The lowest BCUT2D eigenvalue weighted by atomic mass is 10.2.